The summed E-state index contributed by atoms with van der Waals surface area (Å²) >= 11 is 3.57. The first kappa shape index (κ1) is 14.1. The molecule has 2 rings (SSSR count). The van der Waals surface area contributed by atoms with Crippen LogP contribution in [0.15, 0.2) is 16.6 Å². The van der Waals surface area contributed by atoms with E-state index in [1.54, 1.807) is 0 Å². The Bertz CT molecular complexity index is 467. The number of benzene rings is 1. The van der Waals surface area contributed by atoms with Gasteiger partial charge in [-0.15, -0.1) is 0 Å². The lowest BCUT2D eigenvalue weighted by Crippen LogP contribution is -2.41. The van der Waals surface area contributed by atoms with Crippen molar-refractivity contribution in [1.82, 2.24) is 0 Å². The molecule has 0 atom stereocenters. The monoisotopic (exact) mass is 310 g/mol. The lowest BCUT2D eigenvalue weighted by molar-refractivity contribution is 0.00578. The van der Waals surface area contributed by atoms with Gasteiger partial charge < -0.3 is 9.31 Å². The van der Waals surface area contributed by atoms with Gasteiger partial charge in [0, 0.05) is 4.47 Å². The number of aryl methyl sites for hydroxylation is 2. The second kappa shape index (κ2) is 4.36. The quantitative estimate of drug-likeness (QED) is 0.741. The molecule has 1 aliphatic heterocycles. The summed E-state index contributed by atoms with van der Waals surface area (Å²) in [5.74, 6) is 0. The van der Waals surface area contributed by atoms with E-state index in [2.05, 4.69) is 69.6 Å². The van der Waals surface area contributed by atoms with Crippen LogP contribution in [0.1, 0.15) is 38.8 Å². The Balaban J connectivity index is 2.38. The maximum atomic E-state index is 6.08. The van der Waals surface area contributed by atoms with Crippen molar-refractivity contribution in [1.29, 1.82) is 0 Å². The third-order valence-electron chi connectivity index (χ3n) is 4.05. The van der Waals surface area contributed by atoms with Crippen molar-refractivity contribution in [2.24, 2.45) is 0 Å². The molecule has 1 saturated heterocycles. The maximum Gasteiger partial charge on any atom is 0.495 e. The number of hydrogen-bond acceptors (Lipinski definition) is 2. The zero-order chi connectivity index (χ0) is 13.7. The fourth-order valence-corrected chi connectivity index (χ4v) is 2.43. The van der Waals surface area contributed by atoms with E-state index in [0.717, 1.165) is 9.94 Å². The molecule has 2 nitrogen and oxygen atoms in total. The molecular weight excluding hydrogens is 291 g/mol. The zero-order valence-corrected chi connectivity index (χ0v) is 13.5. The van der Waals surface area contributed by atoms with Crippen molar-refractivity contribution in [2.45, 2.75) is 52.7 Å². The molecule has 1 aromatic carbocycles. The summed E-state index contributed by atoms with van der Waals surface area (Å²) in [5, 5.41) is 0. The lowest BCUT2D eigenvalue weighted by atomic mass is 9.76. The molecular formula is C14H20BBrO2. The Hall–Kier alpha value is -0.315. The highest BCUT2D eigenvalue weighted by Gasteiger charge is 2.52. The van der Waals surface area contributed by atoms with E-state index < -0.39 is 0 Å². The molecule has 1 fully saturated rings. The van der Waals surface area contributed by atoms with Gasteiger partial charge in [0.2, 0.25) is 0 Å². The van der Waals surface area contributed by atoms with Crippen LogP contribution in [0.4, 0.5) is 0 Å². The van der Waals surface area contributed by atoms with Gasteiger partial charge in [0.15, 0.2) is 0 Å². The van der Waals surface area contributed by atoms with E-state index in [0.29, 0.717) is 0 Å². The molecule has 0 N–H and O–H groups in total. The highest BCUT2D eigenvalue weighted by Crippen LogP contribution is 2.36. The van der Waals surface area contributed by atoms with Gasteiger partial charge in [0.1, 0.15) is 0 Å². The predicted molar refractivity (Wildman–Crippen MR) is 79.3 cm³/mol. The first-order chi connectivity index (χ1) is 8.14. The molecule has 98 valence electrons. The highest BCUT2D eigenvalue weighted by molar-refractivity contribution is 9.10. The van der Waals surface area contributed by atoms with Gasteiger partial charge in [-0.05, 0) is 58.6 Å². The van der Waals surface area contributed by atoms with E-state index in [1.807, 2.05) is 0 Å². The first-order valence-corrected chi connectivity index (χ1v) is 7.06. The minimum Gasteiger partial charge on any atom is -0.399 e. The Morgan fingerprint density at radius 2 is 1.44 bits per heavy atom. The van der Waals surface area contributed by atoms with Crippen LogP contribution in [-0.4, -0.2) is 18.3 Å². The van der Waals surface area contributed by atoms with Crippen molar-refractivity contribution in [3.8, 4) is 0 Å². The summed E-state index contributed by atoms with van der Waals surface area (Å²) < 4.78 is 13.3. The van der Waals surface area contributed by atoms with E-state index in [9.17, 15) is 0 Å². The molecule has 1 heterocycles. The summed E-state index contributed by atoms with van der Waals surface area (Å²) in [4.78, 5) is 0. The van der Waals surface area contributed by atoms with Crippen molar-refractivity contribution < 1.29 is 9.31 Å². The van der Waals surface area contributed by atoms with Crippen LogP contribution >= 0.6 is 15.9 Å². The molecule has 0 saturated carbocycles. The Kier molecular flexibility index (Phi) is 3.42. The van der Waals surface area contributed by atoms with E-state index in [-0.39, 0.29) is 18.3 Å². The third kappa shape index (κ3) is 2.26. The molecule has 1 aromatic rings. The minimum atomic E-state index is -0.290. The summed E-state index contributed by atoms with van der Waals surface area (Å²) in [6, 6.07) is 4.26. The van der Waals surface area contributed by atoms with Gasteiger partial charge in [-0.1, -0.05) is 27.6 Å². The van der Waals surface area contributed by atoms with Gasteiger partial charge >= 0.3 is 7.12 Å². The Morgan fingerprint density at radius 3 is 1.94 bits per heavy atom. The first-order valence-electron chi connectivity index (χ1n) is 6.26. The Morgan fingerprint density at radius 1 is 0.944 bits per heavy atom. The SMILES string of the molecule is Cc1cc(C)c(B2OC(C)(C)C(C)(C)O2)cc1Br. The average Bonchev–Trinajstić information content (AvgIpc) is 2.42. The van der Waals surface area contributed by atoms with Crippen molar-refractivity contribution in [3.05, 3.63) is 27.7 Å². The summed E-state index contributed by atoms with van der Waals surface area (Å²) in [6.45, 7) is 12.5. The molecule has 0 unspecified atom stereocenters. The van der Waals surface area contributed by atoms with Crippen molar-refractivity contribution in [2.75, 3.05) is 0 Å². The number of rotatable bonds is 1. The van der Waals surface area contributed by atoms with Gasteiger partial charge in [0.05, 0.1) is 11.2 Å². The molecule has 0 amide bonds. The van der Waals surface area contributed by atoms with Crippen LogP contribution in [-0.2, 0) is 9.31 Å². The second-order valence-electron chi connectivity index (χ2n) is 6.05. The molecule has 4 heteroatoms. The van der Waals surface area contributed by atoms with Crippen LogP contribution < -0.4 is 5.46 Å². The van der Waals surface area contributed by atoms with Gasteiger partial charge in [0.25, 0.3) is 0 Å². The summed E-state index contributed by atoms with van der Waals surface area (Å²) in [7, 11) is -0.285. The standard InChI is InChI=1S/C14H20BBrO2/c1-9-7-10(2)12(16)8-11(9)15-17-13(3,4)14(5,6)18-15/h7-8H,1-6H3. The topological polar surface area (TPSA) is 18.5 Å². The van der Waals surface area contributed by atoms with E-state index in [4.69, 9.17) is 9.31 Å². The second-order valence-corrected chi connectivity index (χ2v) is 6.90. The molecule has 0 radical (unpaired) electrons. The third-order valence-corrected chi connectivity index (χ3v) is 4.91. The van der Waals surface area contributed by atoms with E-state index in [1.165, 1.54) is 11.1 Å². The van der Waals surface area contributed by atoms with Crippen LogP contribution in [0.3, 0.4) is 0 Å². The molecule has 0 aliphatic carbocycles. The summed E-state index contributed by atoms with van der Waals surface area (Å²) in [5.41, 5.74) is 2.95. The summed E-state index contributed by atoms with van der Waals surface area (Å²) in [6.07, 6.45) is 0. The van der Waals surface area contributed by atoms with Crippen LogP contribution in [0.5, 0.6) is 0 Å². The van der Waals surface area contributed by atoms with Gasteiger partial charge in [-0.3, -0.25) is 0 Å². The van der Waals surface area contributed by atoms with Crippen molar-refractivity contribution in [3.63, 3.8) is 0 Å². The largest absolute Gasteiger partial charge is 0.495 e. The zero-order valence-electron chi connectivity index (χ0n) is 11.9. The van der Waals surface area contributed by atoms with Crippen LogP contribution in [0.2, 0.25) is 0 Å². The smallest absolute Gasteiger partial charge is 0.399 e. The molecule has 0 aromatic heterocycles. The maximum absolute atomic E-state index is 6.08. The van der Waals surface area contributed by atoms with Crippen LogP contribution in [0, 0.1) is 13.8 Å². The fourth-order valence-electron chi connectivity index (χ4n) is 2.07. The molecule has 0 spiro atoms. The number of halogens is 1. The number of hydrogen-bond donors (Lipinski definition) is 0. The van der Waals surface area contributed by atoms with Gasteiger partial charge in [-0.25, -0.2) is 0 Å². The fraction of sp³-hybridized carbons (Fsp3) is 0.571. The highest BCUT2D eigenvalue weighted by atomic mass is 79.9. The molecule has 18 heavy (non-hydrogen) atoms. The average molecular weight is 311 g/mol. The van der Waals surface area contributed by atoms with E-state index >= 15 is 0 Å². The normalized spacial score (nSPS) is 21.4. The molecule has 0 bridgehead atoms. The Labute approximate surface area is 118 Å². The molecule has 1 aliphatic rings. The van der Waals surface area contributed by atoms with Gasteiger partial charge in [-0.2, -0.15) is 0 Å². The van der Waals surface area contributed by atoms with Crippen molar-refractivity contribution >= 4 is 28.5 Å². The van der Waals surface area contributed by atoms with Crippen LogP contribution in [0.25, 0.3) is 0 Å². The predicted octanol–water partition coefficient (Wildman–Crippen LogP) is 3.37. The minimum absolute atomic E-state index is 0.285. The lowest BCUT2D eigenvalue weighted by Gasteiger charge is -2.32.